The summed E-state index contributed by atoms with van der Waals surface area (Å²) in [6.45, 7) is 6.54. The zero-order valence-electron chi connectivity index (χ0n) is 42.7. The highest BCUT2D eigenvalue weighted by Gasteiger charge is 2.19. The van der Waals surface area contributed by atoms with Crippen molar-refractivity contribution in [2.24, 2.45) is 0 Å². The summed E-state index contributed by atoms with van der Waals surface area (Å²) in [5, 5.41) is 0. The van der Waals surface area contributed by atoms with Crippen molar-refractivity contribution in [1.82, 2.24) is 0 Å². The molecule has 0 aromatic heterocycles. The standard InChI is InChI=1S/C59H102O6/c1-4-7-10-13-16-19-22-25-28-29-32-35-38-41-44-47-50-53-59(62)65-56(54-63-57(60)51-48-45-42-39-36-33-30-26-23-20-17-14-11-8-5-2)55-64-58(61)52-49-46-43-40-37-34-31-27-24-21-18-15-12-9-6-3/h16-21,25-28,30-31,56H,4-15,22-24,29,32-55H2,1-3H3/b19-16-,20-17-,21-18-,28-25-,30-26-,31-27-. The molecule has 0 aromatic carbocycles. The topological polar surface area (TPSA) is 78.9 Å². The molecule has 374 valence electrons. The van der Waals surface area contributed by atoms with Gasteiger partial charge in [-0.25, -0.2) is 0 Å². The first kappa shape index (κ1) is 61.9. The molecule has 0 bridgehead atoms. The van der Waals surface area contributed by atoms with Crippen molar-refractivity contribution in [3.05, 3.63) is 72.9 Å². The molecule has 0 heterocycles. The Bertz CT molecular complexity index is 1160. The van der Waals surface area contributed by atoms with Gasteiger partial charge in [0.2, 0.25) is 0 Å². The number of rotatable bonds is 49. The lowest BCUT2D eigenvalue weighted by atomic mass is 10.1. The summed E-state index contributed by atoms with van der Waals surface area (Å²) in [7, 11) is 0. The van der Waals surface area contributed by atoms with Gasteiger partial charge in [0.1, 0.15) is 13.2 Å². The van der Waals surface area contributed by atoms with Crippen molar-refractivity contribution in [2.75, 3.05) is 13.2 Å². The van der Waals surface area contributed by atoms with Crippen LogP contribution < -0.4 is 0 Å². The average molecular weight is 907 g/mol. The molecular formula is C59H102O6. The number of hydrogen-bond acceptors (Lipinski definition) is 6. The minimum Gasteiger partial charge on any atom is -0.462 e. The Hall–Kier alpha value is -3.15. The summed E-state index contributed by atoms with van der Waals surface area (Å²) in [4.78, 5) is 38.1. The smallest absolute Gasteiger partial charge is 0.306 e. The van der Waals surface area contributed by atoms with Gasteiger partial charge < -0.3 is 14.2 Å². The fraction of sp³-hybridized carbons (Fsp3) is 0.746. The van der Waals surface area contributed by atoms with E-state index < -0.39 is 6.10 Å². The highest BCUT2D eigenvalue weighted by molar-refractivity contribution is 5.71. The van der Waals surface area contributed by atoms with Crippen LogP contribution in [0.5, 0.6) is 0 Å². The van der Waals surface area contributed by atoms with Crippen LogP contribution in [0.3, 0.4) is 0 Å². The first-order chi connectivity index (χ1) is 32.0. The molecule has 0 radical (unpaired) electrons. The van der Waals surface area contributed by atoms with Gasteiger partial charge in [-0.2, -0.15) is 0 Å². The normalized spacial score (nSPS) is 12.2. The van der Waals surface area contributed by atoms with Crippen LogP contribution in [-0.2, 0) is 28.6 Å². The molecule has 6 nitrogen and oxygen atoms in total. The van der Waals surface area contributed by atoms with E-state index in [0.29, 0.717) is 19.3 Å². The minimum absolute atomic E-state index is 0.0905. The lowest BCUT2D eigenvalue weighted by Gasteiger charge is -2.18. The molecule has 0 aliphatic rings. The summed E-state index contributed by atoms with van der Waals surface area (Å²) in [5.74, 6) is -0.920. The maximum atomic E-state index is 12.8. The van der Waals surface area contributed by atoms with E-state index in [2.05, 4.69) is 93.7 Å². The first-order valence-corrected chi connectivity index (χ1v) is 27.4. The van der Waals surface area contributed by atoms with E-state index in [1.165, 1.54) is 116 Å². The zero-order chi connectivity index (χ0) is 47.2. The molecule has 0 saturated heterocycles. The molecule has 0 saturated carbocycles. The summed E-state index contributed by atoms with van der Waals surface area (Å²) in [6.07, 6.45) is 67.3. The fourth-order valence-electron chi connectivity index (χ4n) is 7.47. The van der Waals surface area contributed by atoms with E-state index in [1.807, 2.05) is 0 Å². The predicted molar refractivity (Wildman–Crippen MR) is 279 cm³/mol. The van der Waals surface area contributed by atoms with Crippen molar-refractivity contribution in [3.8, 4) is 0 Å². The molecule has 0 unspecified atom stereocenters. The Kier molecular flexibility index (Phi) is 50.9. The molecular weight excluding hydrogens is 805 g/mol. The maximum Gasteiger partial charge on any atom is 0.306 e. The van der Waals surface area contributed by atoms with Crippen molar-refractivity contribution >= 4 is 17.9 Å². The first-order valence-electron chi connectivity index (χ1n) is 27.4. The lowest BCUT2D eigenvalue weighted by molar-refractivity contribution is -0.167. The second-order valence-electron chi connectivity index (χ2n) is 18.1. The predicted octanol–water partition coefficient (Wildman–Crippen LogP) is 18.2. The Labute approximate surface area is 402 Å². The largest absolute Gasteiger partial charge is 0.462 e. The third kappa shape index (κ3) is 51.7. The van der Waals surface area contributed by atoms with Crippen LogP contribution >= 0.6 is 0 Å². The number of hydrogen-bond donors (Lipinski definition) is 0. The maximum absolute atomic E-state index is 12.8. The zero-order valence-corrected chi connectivity index (χ0v) is 42.7. The van der Waals surface area contributed by atoms with E-state index >= 15 is 0 Å². The Morgan fingerprint density at radius 2 is 0.554 bits per heavy atom. The Balaban J connectivity index is 4.44. The molecule has 6 heteroatoms. The number of unbranched alkanes of at least 4 members (excludes halogenated alkanes) is 26. The molecule has 0 N–H and O–H groups in total. The van der Waals surface area contributed by atoms with Crippen LogP contribution in [0.15, 0.2) is 72.9 Å². The van der Waals surface area contributed by atoms with Crippen molar-refractivity contribution < 1.29 is 28.6 Å². The second-order valence-corrected chi connectivity index (χ2v) is 18.1. The second kappa shape index (κ2) is 53.5. The molecule has 0 spiro atoms. The Morgan fingerprint density at radius 1 is 0.308 bits per heavy atom. The number of carbonyl (C=O) groups excluding carboxylic acids is 3. The van der Waals surface area contributed by atoms with Crippen LogP contribution in [0.25, 0.3) is 0 Å². The van der Waals surface area contributed by atoms with Crippen molar-refractivity contribution in [3.63, 3.8) is 0 Å². The van der Waals surface area contributed by atoms with E-state index in [9.17, 15) is 14.4 Å². The van der Waals surface area contributed by atoms with E-state index in [-0.39, 0.29) is 31.1 Å². The van der Waals surface area contributed by atoms with Crippen LogP contribution in [0.4, 0.5) is 0 Å². The van der Waals surface area contributed by atoms with Crippen LogP contribution in [0.2, 0.25) is 0 Å². The number of ether oxygens (including phenoxy) is 3. The van der Waals surface area contributed by atoms with Crippen LogP contribution in [0.1, 0.15) is 265 Å². The van der Waals surface area contributed by atoms with Gasteiger partial charge in [-0.1, -0.05) is 203 Å². The monoisotopic (exact) mass is 907 g/mol. The van der Waals surface area contributed by atoms with Crippen molar-refractivity contribution in [2.45, 2.75) is 271 Å². The average Bonchev–Trinajstić information content (AvgIpc) is 3.30. The lowest BCUT2D eigenvalue weighted by Crippen LogP contribution is -2.30. The number of carbonyl (C=O) groups is 3. The Morgan fingerprint density at radius 3 is 0.846 bits per heavy atom. The van der Waals surface area contributed by atoms with Crippen LogP contribution in [0, 0.1) is 0 Å². The van der Waals surface area contributed by atoms with Gasteiger partial charge in [-0.3, -0.25) is 14.4 Å². The van der Waals surface area contributed by atoms with Gasteiger partial charge in [-0.15, -0.1) is 0 Å². The molecule has 0 amide bonds. The molecule has 0 atom stereocenters. The summed E-state index contributed by atoms with van der Waals surface area (Å²) in [6, 6.07) is 0. The molecule has 0 aliphatic heterocycles. The molecule has 0 aromatic rings. The third-order valence-corrected chi connectivity index (χ3v) is 11.7. The summed E-state index contributed by atoms with van der Waals surface area (Å²) >= 11 is 0. The molecule has 0 rings (SSSR count). The van der Waals surface area contributed by atoms with Gasteiger partial charge in [-0.05, 0) is 116 Å². The van der Waals surface area contributed by atoms with Gasteiger partial charge in [0.05, 0.1) is 0 Å². The highest BCUT2D eigenvalue weighted by Crippen LogP contribution is 2.14. The molecule has 65 heavy (non-hydrogen) atoms. The minimum atomic E-state index is -0.791. The van der Waals surface area contributed by atoms with Gasteiger partial charge in [0, 0.05) is 19.3 Å². The van der Waals surface area contributed by atoms with E-state index in [1.54, 1.807) is 0 Å². The van der Waals surface area contributed by atoms with Gasteiger partial charge in [0.25, 0.3) is 0 Å². The van der Waals surface area contributed by atoms with Crippen LogP contribution in [-0.4, -0.2) is 37.2 Å². The number of esters is 3. The molecule has 0 fully saturated rings. The third-order valence-electron chi connectivity index (χ3n) is 11.7. The number of allylic oxidation sites excluding steroid dienone is 12. The van der Waals surface area contributed by atoms with E-state index in [0.717, 1.165) is 109 Å². The highest BCUT2D eigenvalue weighted by atomic mass is 16.6. The summed E-state index contributed by atoms with van der Waals surface area (Å²) < 4.78 is 16.8. The molecule has 0 aliphatic carbocycles. The van der Waals surface area contributed by atoms with Gasteiger partial charge >= 0.3 is 17.9 Å². The summed E-state index contributed by atoms with van der Waals surface area (Å²) in [5.41, 5.74) is 0. The fourth-order valence-corrected chi connectivity index (χ4v) is 7.47. The van der Waals surface area contributed by atoms with E-state index in [4.69, 9.17) is 14.2 Å². The SMILES string of the molecule is CCCCC/C=C\C/C=C\CCCCCCCCCC(=O)OC(COC(=O)CCCCCCC/C=C\C/C=C\CCCCC)COC(=O)CCCCCCC/C=C\C/C=C\CCCCC. The quantitative estimate of drug-likeness (QED) is 0.0262. The van der Waals surface area contributed by atoms with Crippen molar-refractivity contribution in [1.29, 1.82) is 0 Å². The van der Waals surface area contributed by atoms with Gasteiger partial charge in [0.15, 0.2) is 6.10 Å².